The molecule has 0 aliphatic heterocycles. The largest absolute Gasteiger partial charge is 0.497 e. The molecule has 1 aliphatic carbocycles. The summed E-state index contributed by atoms with van der Waals surface area (Å²) in [5.41, 5.74) is 0.883. The molecule has 116 valence electrons. The molecule has 1 aromatic carbocycles. The van der Waals surface area contributed by atoms with Crippen molar-refractivity contribution in [2.24, 2.45) is 5.92 Å². The lowest BCUT2D eigenvalue weighted by Crippen LogP contribution is -2.26. The third-order valence-electron chi connectivity index (χ3n) is 4.09. The Balaban J connectivity index is 1.74. The van der Waals surface area contributed by atoms with Crippen LogP contribution in [0.4, 0.5) is 0 Å². The van der Waals surface area contributed by atoms with Gasteiger partial charge in [-0.1, -0.05) is 44.2 Å². The highest BCUT2D eigenvalue weighted by Crippen LogP contribution is 2.27. The molecular formula is C17H24O4. The van der Waals surface area contributed by atoms with Crippen molar-refractivity contribution in [3.05, 3.63) is 29.8 Å². The molecule has 1 aromatic rings. The van der Waals surface area contributed by atoms with Crippen LogP contribution in [0.15, 0.2) is 24.3 Å². The number of ether oxygens (including phenoxy) is 2. The lowest BCUT2D eigenvalue weighted by atomic mass is 9.85. The zero-order valence-corrected chi connectivity index (χ0v) is 12.6. The van der Waals surface area contributed by atoms with E-state index in [-0.39, 0.29) is 6.61 Å². The first-order valence-electron chi connectivity index (χ1n) is 7.66. The average molecular weight is 292 g/mol. The van der Waals surface area contributed by atoms with Gasteiger partial charge in [-0.3, -0.25) is 0 Å². The highest BCUT2D eigenvalue weighted by atomic mass is 16.5. The zero-order chi connectivity index (χ0) is 15.1. The van der Waals surface area contributed by atoms with Crippen molar-refractivity contribution in [2.45, 2.75) is 51.2 Å². The molecular weight excluding hydrogens is 268 g/mol. The standard InChI is InChI=1S/C17H24O4/c1-20-15-9-7-14(8-10-15)12-21-17(19)16(18)11-13-5-3-2-4-6-13/h7-10,13,16,18H,2-6,11-12H2,1H3/t16-/m1/s1. The lowest BCUT2D eigenvalue weighted by Gasteiger charge is -2.23. The van der Waals surface area contributed by atoms with E-state index in [1.807, 2.05) is 24.3 Å². The molecule has 0 aromatic heterocycles. The molecule has 0 bridgehead atoms. The van der Waals surface area contributed by atoms with Crippen LogP contribution in [0, 0.1) is 5.92 Å². The second kappa shape index (κ2) is 8.03. The number of aliphatic hydroxyl groups is 1. The molecule has 1 fully saturated rings. The summed E-state index contributed by atoms with van der Waals surface area (Å²) in [6.07, 6.45) is 5.45. The van der Waals surface area contributed by atoms with Crippen LogP contribution < -0.4 is 4.74 Å². The Labute approximate surface area is 126 Å². The predicted octanol–water partition coefficient (Wildman–Crippen LogP) is 3.07. The van der Waals surface area contributed by atoms with Gasteiger partial charge in [-0.2, -0.15) is 0 Å². The SMILES string of the molecule is COc1ccc(COC(=O)[C@H](O)CC2CCCCC2)cc1. The molecule has 0 heterocycles. The number of carbonyl (C=O) groups excluding carboxylic acids is 1. The van der Waals surface area contributed by atoms with Crippen LogP contribution in [0.25, 0.3) is 0 Å². The fourth-order valence-corrected chi connectivity index (χ4v) is 2.81. The molecule has 0 unspecified atom stereocenters. The van der Waals surface area contributed by atoms with Gasteiger partial charge in [-0.05, 0) is 30.0 Å². The van der Waals surface area contributed by atoms with E-state index in [1.54, 1.807) is 7.11 Å². The maximum atomic E-state index is 11.8. The maximum absolute atomic E-state index is 11.8. The summed E-state index contributed by atoms with van der Waals surface area (Å²) in [5.74, 6) is 0.709. The average Bonchev–Trinajstić information content (AvgIpc) is 2.54. The zero-order valence-electron chi connectivity index (χ0n) is 12.6. The number of benzene rings is 1. The molecule has 4 nitrogen and oxygen atoms in total. The fourth-order valence-electron chi connectivity index (χ4n) is 2.81. The molecule has 1 aliphatic rings. The minimum atomic E-state index is -0.994. The Morgan fingerprint density at radius 2 is 1.90 bits per heavy atom. The smallest absolute Gasteiger partial charge is 0.335 e. The van der Waals surface area contributed by atoms with E-state index in [9.17, 15) is 9.90 Å². The monoisotopic (exact) mass is 292 g/mol. The summed E-state index contributed by atoms with van der Waals surface area (Å²) in [6.45, 7) is 0.185. The number of esters is 1. The summed E-state index contributed by atoms with van der Waals surface area (Å²) < 4.78 is 10.2. The molecule has 1 saturated carbocycles. The van der Waals surface area contributed by atoms with Gasteiger partial charge in [0.05, 0.1) is 7.11 Å². The van der Waals surface area contributed by atoms with Crippen LogP contribution in [0.2, 0.25) is 0 Å². The van der Waals surface area contributed by atoms with Crippen molar-refractivity contribution in [3.8, 4) is 5.75 Å². The molecule has 0 spiro atoms. The van der Waals surface area contributed by atoms with Gasteiger partial charge in [0.1, 0.15) is 12.4 Å². The first-order chi connectivity index (χ1) is 10.2. The summed E-state index contributed by atoms with van der Waals surface area (Å²) in [4.78, 5) is 11.8. The third-order valence-corrected chi connectivity index (χ3v) is 4.09. The molecule has 1 atom stereocenters. The quantitative estimate of drug-likeness (QED) is 0.819. The maximum Gasteiger partial charge on any atom is 0.335 e. The van der Waals surface area contributed by atoms with E-state index in [4.69, 9.17) is 9.47 Å². The summed E-state index contributed by atoms with van der Waals surface area (Å²) >= 11 is 0. The van der Waals surface area contributed by atoms with Crippen LogP contribution in [0.3, 0.4) is 0 Å². The van der Waals surface area contributed by atoms with Gasteiger partial charge in [0, 0.05) is 0 Å². The van der Waals surface area contributed by atoms with Gasteiger partial charge in [0.25, 0.3) is 0 Å². The van der Waals surface area contributed by atoms with E-state index in [0.717, 1.165) is 24.2 Å². The Kier molecular flexibility index (Phi) is 6.05. The summed E-state index contributed by atoms with van der Waals surface area (Å²) in [7, 11) is 1.61. The number of methoxy groups -OCH3 is 1. The van der Waals surface area contributed by atoms with Crippen molar-refractivity contribution in [1.29, 1.82) is 0 Å². The van der Waals surface area contributed by atoms with Crippen LogP contribution in [0.5, 0.6) is 5.75 Å². The van der Waals surface area contributed by atoms with Crippen LogP contribution >= 0.6 is 0 Å². The van der Waals surface area contributed by atoms with Gasteiger partial charge in [-0.15, -0.1) is 0 Å². The number of carbonyl (C=O) groups is 1. The first kappa shape index (κ1) is 15.8. The Bertz CT molecular complexity index is 435. The third kappa shape index (κ3) is 5.05. The molecule has 0 radical (unpaired) electrons. The molecule has 0 amide bonds. The van der Waals surface area contributed by atoms with Crippen molar-refractivity contribution >= 4 is 5.97 Å². The second-order valence-electron chi connectivity index (χ2n) is 5.71. The van der Waals surface area contributed by atoms with Crippen molar-refractivity contribution in [2.75, 3.05) is 7.11 Å². The number of hydrogen-bond donors (Lipinski definition) is 1. The van der Waals surface area contributed by atoms with E-state index in [2.05, 4.69) is 0 Å². The fraction of sp³-hybridized carbons (Fsp3) is 0.588. The van der Waals surface area contributed by atoms with E-state index < -0.39 is 12.1 Å². The van der Waals surface area contributed by atoms with Gasteiger partial charge in [-0.25, -0.2) is 4.79 Å². The van der Waals surface area contributed by atoms with E-state index in [1.165, 1.54) is 19.3 Å². The predicted molar refractivity (Wildman–Crippen MR) is 80.0 cm³/mol. The van der Waals surface area contributed by atoms with Crippen LogP contribution in [-0.2, 0) is 16.1 Å². The van der Waals surface area contributed by atoms with Crippen molar-refractivity contribution in [1.82, 2.24) is 0 Å². The number of rotatable bonds is 6. The highest BCUT2D eigenvalue weighted by Gasteiger charge is 2.23. The minimum Gasteiger partial charge on any atom is -0.497 e. The van der Waals surface area contributed by atoms with Gasteiger partial charge in [0.2, 0.25) is 0 Å². The first-order valence-corrected chi connectivity index (χ1v) is 7.66. The van der Waals surface area contributed by atoms with E-state index in [0.29, 0.717) is 12.3 Å². The lowest BCUT2D eigenvalue weighted by molar-refractivity contribution is -0.156. The van der Waals surface area contributed by atoms with Gasteiger partial charge >= 0.3 is 5.97 Å². The second-order valence-corrected chi connectivity index (χ2v) is 5.71. The number of hydrogen-bond acceptors (Lipinski definition) is 4. The van der Waals surface area contributed by atoms with Gasteiger partial charge in [0.15, 0.2) is 6.10 Å². The molecule has 21 heavy (non-hydrogen) atoms. The topological polar surface area (TPSA) is 55.8 Å². The Morgan fingerprint density at radius 3 is 2.52 bits per heavy atom. The molecule has 4 heteroatoms. The molecule has 1 N–H and O–H groups in total. The molecule has 2 rings (SSSR count). The Hall–Kier alpha value is -1.55. The van der Waals surface area contributed by atoms with Crippen molar-refractivity contribution < 1.29 is 19.4 Å². The van der Waals surface area contributed by atoms with Gasteiger partial charge < -0.3 is 14.6 Å². The highest BCUT2D eigenvalue weighted by molar-refractivity contribution is 5.74. The number of aliphatic hydroxyl groups excluding tert-OH is 1. The van der Waals surface area contributed by atoms with Crippen LogP contribution in [-0.4, -0.2) is 24.3 Å². The molecule has 0 saturated heterocycles. The summed E-state index contributed by atoms with van der Waals surface area (Å²) in [5, 5.41) is 9.94. The Morgan fingerprint density at radius 1 is 1.24 bits per heavy atom. The van der Waals surface area contributed by atoms with Crippen molar-refractivity contribution in [3.63, 3.8) is 0 Å². The normalized spacial score (nSPS) is 17.2. The summed E-state index contributed by atoms with van der Waals surface area (Å²) in [6, 6.07) is 7.34. The van der Waals surface area contributed by atoms with Crippen LogP contribution in [0.1, 0.15) is 44.1 Å². The minimum absolute atomic E-state index is 0.185. The van der Waals surface area contributed by atoms with E-state index >= 15 is 0 Å².